The second kappa shape index (κ2) is 4.93. The molecule has 0 aliphatic carbocycles. The molecule has 1 aromatic carbocycles. The van der Waals surface area contributed by atoms with Gasteiger partial charge < -0.3 is 10.4 Å². The van der Waals surface area contributed by atoms with Gasteiger partial charge in [0.1, 0.15) is 0 Å². The van der Waals surface area contributed by atoms with Crippen LogP contribution in [0.4, 0.5) is 5.69 Å². The molecule has 0 aliphatic heterocycles. The zero-order valence-electron chi connectivity index (χ0n) is 8.53. The molecule has 92 valence electrons. The minimum absolute atomic E-state index is 0.285. The first kappa shape index (κ1) is 13.1. The van der Waals surface area contributed by atoms with Crippen LogP contribution in [0.5, 0.6) is 0 Å². The number of benzene rings is 1. The number of nitrogens with one attached hydrogen (secondary N) is 1. The lowest BCUT2D eigenvalue weighted by molar-refractivity contribution is -0.139. The Kier molecular flexibility index (Phi) is 3.81. The van der Waals surface area contributed by atoms with Gasteiger partial charge in [0.2, 0.25) is 15.3 Å². The van der Waals surface area contributed by atoms with Crippen LogP contribution >= 0.6 is 0 Å². The van der Waals surface area contributed by atoms with Crippen LogP contribution in [0.15, 0.2) is 30.3 Å². The summed E-state index contributed by atoms with van der Waals surface area (Å²) in [5.74, 6) is -3.02. The fourth-order valence-corrected chi connectivity index (χ4v) is 1.77. The second-order valence-electron chi connectivity index (χ2n) is 3.16. The van der Waals surface area contributed by atoms with Crippen molar-refractivity contribution in [2.45, 2.75) is 5.25 Å². The lowest BCUT2D eigenvalue weighted by Crippen LogP contribution is -2.44. The highest BCUT2D eigenvalue weighted by Crippen LogP contribution is 2.07. The molecule has 17 heavy (non-hydrogen) atoms. The number of rotatable bonds is 4. The van der Waals surface area contributed by atoms with Gasteiger partial charge in [0.05, 0.1) is 0 Å². The fraction of sp³-hybridized carbons (Fsp3) is 0.111. The monoisotopic (exact) mass is 258 g/mol. The van der Waals surface area contributed by atoms with E-state index in [4.69, 9.17) is 5.11 Å². The van der Waals surface area contributed by atoms with Gasteiger partial charge in [-0.3, -0.25) is 9.59 Å². The Balaban J connectivity index is 2.92. The maximum Gasteiger partial charge on any atom is 0.333 e. The summed E-state index contributed by atoms with van der Waals surface area (Å²) in [6.45, 7) is 0. The zero-order valence-corrected chi connectivity index (χ0v) is 9.35. The molecule has 0 bridgehead atoms. The van der Waals surface area contributed by atoms with Crippen molar-refractivity contribution in [1.82, 2.24) is 0 Å². The molecule has 8 heteroatoms. The third-order valence-corrected chi connectivity index (χ3v) is 2.91. The number of para-hydroxylation sites is 1. The minimum atomic E-state index is -4.50. The van der Waals surface area contributed by atoms with Gasteiger partial charge in [-0.2, -0.15) is 0 Å². The number of carboxylic acid groups (broad SMARTS) is 1. The zero-order chi connectivity index (χ0) is 13.1. The third-order valence-electron chi connectivity index (χ3n) is 1.83. The summed E-state index contributed by atoms with van der Waals surface area (Å²) < 4.78 is 21.9. The highest BCUT2D eigenvalue weighted by molar-refractivity contribution is 7.91. The van der Waals surface area contributed by atoms with Crippen LogP contribution in [-0.4, -0.2) is 30.7 Å². The molecule has 0 radical (unpaired) electrons. The largest absolute Gasteiger partial charge is 0.480 e. The fourth-order valence-electron chi connectivity index (χ4n) is 1.13. The Morgan fingerprint density at radius 2 is 1.76 bits per heavy atom. The number of sulfonamides is 1. The molecule has 0 heterocycles. The summed E-state index contributed by atoms with van der Waals surface area (Å²) in [6, 6.07) is 7.86. The molecule has 0 saturated heterocycles. The van der Waals surface area contributed by atoms with Crippen LogP contribution in [0.1, 0.15) is 0 Å². The predicted molar refractivity (Wildman–Crippen MR) is 59.6 cm³/mol. The van der Waals surface area contributed by atoms with Crippen molar-refractivity contribution >= 4 is 27.6 Å². The van der Waals surface area contributed by atoms with Gasteiger partial charge in [-0.25, -0.2) is 13.6 Å². The molecule has 1 unspecified atom stereocenters. The molecule has 7 nitrogen and oxygen atoms in total. The van der Waals surface area contributed by atoms with E-state index >= 15 is 0 Å². The number of primary sulfonamides is 1. The minimum Gasteiger partial charge on any atom is -0.480 e. The van der Waals surface area contributed by atoms with Crippen molar-refractivity contribution in [1.29, 1.82) is 0 Å². The topological polar surface area (TPSA) is 127 Å². The van der Waals surface area contributed by atoms with E-state index in [9.17, 15) is 18.0 Å². The number of carboxylic acids is 1. The van der Waals surface area contributed by atoms with E-state index in [1.807, 2.05) is 0 Å². The number of nitrogens with two attached hydrogens (primary N) is 1. The van der Waals surface area contributed by atoms with E-state index in [0.717, 1.165) is 0 Å². The quantitative estimate of drug-likeness (QED) is 0.619. The average molecular weight is 258 g/mol. The number of carbonyl (C=O) groups is 2. The molecule has 0 spiro atoms. The molecular weight excluding hydrogens is 248 g/mol. The molecule has 0 aliphatic rings. The Bertz CT molecular complexity index is 526. The Labute approximate surface area is 97.3 Å². The summed E-state index contributed by atoms with van der Waals surface area (Å²) in [4.78, 5) is 22.1. The standard InChI is InChI=1S/C9H10N2O5S/c10-17(15,16)7(9(13)14)8(12)11-6-4-2-1-3-5-6/h1-5,7H,(H,11,12)(H,13,14)(H2,10,15,16). The average Bonchev–Trinajstić information content (AvgIpc) is 2.15. The summed E-state index contributed by atoms with van der Waals surface area (Å²) in [5.41, 5.74) is 0.285. The Hall–Kier alpha value is -1.93. The summed E-state index contributed by atoms with van der Waals surface area (Å²) in [7, 11) is -4.50. The highest BCUT2D eigenvalue weighted by atomic mass is 32.2. The molecule has 4 N–H and O–H groups in total. The molecule has 1 amide bonds. The van der Waals surface area contributed by atoms with Crippen LogP contribution in [0, 0.1) is 0 Å². The van der Waals surface area contributed by atoms with Crippen molar-refractivity contribution in [3.05, 3.63) is 30.3 Å². The number of amides is 1. The highest BCUT2D eigenvalue weighted by Gasteiger charge is 2.37. The Morgan fingerprint density at radius 1 is 1.24 bits per heavy atom. The van der Waals surface area contributed by atoms with E-state index in [-0.39, 0.29) is 5.69 Å². The van der Waals surface area contributed by atoms with E-state index < -0.39 is 27.1 Å². The summed E-state index contributed by atoms with van der Waals surface area (Å²) >= 11 is 0. The van der Waals surface area contributed by atoms with Gasteiger partial charge in [0.25, 0.3) is 5.91 Å². The molecule has 1 atom stereocenters. The lowest BCUT2D eigenvalue weighted by atomic mass is 10.3. The first-order valence-corrected chi connectivity index (χ1v) is 6.03. The maximum atomic E-state index is 11.4. The van der Waals surface area contributed by atoms with Crippen LogP contribution < -0.4 is 10.5 Å². The maximum absolute atomic E-state index is 11.4. The molecule has 1 rings (SSSR count). The van der Waals surface area contributed by atoms with Crippen molar-refractivity contribution < 1.29 is 23.1 Å². The molecule has 0 saturated carbocycles. The van der Waals surface area contributed by atoms with E-state index in [1.54, 1.807) is 18.2 Å². The predicted octanol–water partition coefficient (Wildman–Crippen LogP) is -0.633. The number of aliphatic carboxylic acids is 1. The van der Waals surface area contributed by atoms with Gasteiger partial charge in [-0.05, 0) is 12.1 Å². The van der Waals surface area contributed by atoms with Crippen molar-refractivity contribution in [2.75, 3.05) is 5.32 Å². The van der Waals surface area contributed by atoms with Crippen LogP contribution in [0.25, 0.3) is 0 Å². The van der Waals surface area contributed by atoms with Crippen LogP contribution in [-0.2, 0) is 19.6 Å². The molecule has 0 fully saturated rings. The number of carbonyl (C=O) groups excluding carboxylic acids is 1. The number of hydrogen-bond donors (Lipinski definition) is 3. The number of hydrogen-bond acceptors (Lipinski definition) is 4. The van der Waals surface area contributed by atoms with Gasteiger partial charge in [-0.1, -0.05) is 18.2 Å². The second-order valence-corrected chi connectivity index (χ2v) is 4.81. The van der Waals surface area contributed by atoms with Gasteiger partial charge in [-0.15, -0.1) is 0 Å². The summed E-state index contributed by atoms with van der Waals surface area (Å²) in [6.07, 6.45) is 0. The first-order valence-electron chi connectivity index (χ1n) is 4.42. The van der Waals surface area contributed by atoms with Crippen LogP contribution in [0.3, 0.4) is 0 Å². The number of anilines is 1. The van der Waals surface area contributed by atoms with Crippen molar-refractivity contribution in [2.24, 2.45) is 5.14 Å². The van der Waals surface area contributed by atoms with Crippen molar-refractivity contribution in [3.8, 4) is 0 Å². The van der Waals surface area contributed by atoms with Gasteiger partial charge in [0.15, 0.2) is 0 Å². The molecule has 0 aromatic heterocycles. The van der Waals surface area contributed by atoms with E-state index in [0.29, 0.717) is 0 Å². The third kappa shape index (κ3) is 3.54. The molecule has 1 aromatic rings. The first-order chi connectivity index (χ1) is 7.82. The van der Waals surface area contributed by atoms with Crippen molar-refractivity contribution in [3.63, 3.8) is 0 Å². The van der Waals surface area contributed by atoms with E-state index in [2.05, 4.69) is 10.5 Å². The molecular formula is C9H10N2O5S. The summed E-state index contributed by atoms with van der Waals surface area (Å²) in [5, 5.41) is 13.1. The van der Waals surface area contributed by atoms with Gasteiger partial charge >= 0.3 is 5.97 Å². The van der Waals surface area contributed by atoms with E-state index in [1.165, 1.54) is 12.1 Å². The van der Waals surface area contributed by atoms with Crippen LogP contribution in [0.2, 0.25) is 0 Å². The normalized spacial score (nSPS) is 12.8. The SMILES string of the molecule is NS(=O)(=O)C(C(=O)O)C(=O)Nc1ccccc1. The van der Waals surface area contributed by atoms with Gasteiger partial charge in [0, 0.05) is 5.69 Å². The smallest absolute Gasteiger partial charge is 0.333 e. The Morgan fingerprint density at radius 3 is 2.18 bits per heavy atom. The lowest BCUT2D eigenvalue weighted by Gasteiger charge is -2.10.